The highest BCUT2D eigenvalue weighted by molar-refractivity contribution is 5.22. The van der Waals surface area contributed by atoms with Crippen molar-refractivity contribution in [3.63, 3.8) is 0 Å². The normalized spacial score (nSPS) is 14.1. The van der Waals surface area contributed by atoms with Gasteiger partial charge < -0.3 is 5.32 Å². The number of nitrogens with one attached hydrogen (secondary N) is 1. The fourth-order valence-corrected chi connectivity index (χ4v) is 1.77. The maximum Gasteiger partial charge on any atom is 0.0508 e. The van der Waals surface area contributed by atoms with Gasteiger partial charge in [-0.15, -0.1) is 13.2 Å². The number of benzene rings is 1. The Kier molecular flexibility index (Phi) is 5.58. The van der Waals surface area contributed by atoms with Crippen molar-refractivity contribution in [3.8, 4) is 0 Å². The molecule has 0 amide bonds. The van der Waals surface area contributed by atoms with E-state index in [1.54, 1.807) is 0 Å². The standard InChI is InChI=1S/C15H21N/c1-4-10-14(5-2)16-15(6-3)13-11-8-7-9-12-13/h5-9,11-12,14-16H,2-4,10H2,1H3/t14-,15+/m1/s1. The fraction of sp³-hybridized carbons (Fsp3) is 0.333. The molecule has 16 heavy (non-hydrogen) atoms. The minimum absolute atomic E-state index is 0.204. The van der Waals surface area contributed by atoms with Crippen LogP contribution in [0.4, 0.5) is 0 Å². The van der Waals surface area contributed by atoms with E-state index in [1.807, 2.05) is 18.2 Å². The van der Waals surface area contributed by atoms with Crippen LogP contribution in [0.1, 0.15) is 31.4 Å². The van der Waals surface area contributed by atoms with E-state index >= 15 is 0 Å². The van der Waals surface area contributed by atoms with Crippen LogP contribution in [0.3, 0.4) is 0 Å². The monoisotopic (exact) mass is 215 g/mol. The molecule has 0 aliphatic carbocycles. The molecular formula is C15H21N. The van der Waals surface area contributed by atoms with E-state index in [4.69, 9.17) is 0 Å². The Labute approximate surface area is 98.9 Å². The smallest absolute Gasteiger partial charge is 0.0508 e. The molecule has 0 heterocycles. The van der Waals surface area contributed by atoms with Crippen LogP contribution in [0.25, 0.3) is 0 Å². The van der Waals surface area contributed by atoms with Gasteiger partial charge in [0.1, 0.15) is 0 Å². The lowest BCUT2D eigenvalue weighted by Crippen LogP contribution is -2.30. The lowest BCUT2D eigenvalue weighted by molar-refractivity contribution is 0.512. The molecule has 1 nitrogen and oxygen atoms in total. The molecule has 0 bridgehead atoms. The topological polar surface area (TPSA) is 12.0 Å². The van der Waals surface area contributed by atoms with Crippen molar-refractivity contribution < 1.29 is 0 Å². The predicted octanol–water partition coefficient (Wildman–Crippen LogP) is 3.86. The van der Waals surface area contributed by atoms with Crippen molar-refractivity contribution in [2.24, 2.45) is 0 Å². The second-order valence-electron chi connectivity index (χ2n) is 3.92. The highest BCUT2D eigenvalue weighted by Gasteiger charge is 2.10. The molecule has 1 aromatic rings. The zero-order valence-electron chi connectivity index (χ0n) is 10.0. The number of rotatable bonds is 7. The Morgan fingerprint density at radius 2 is 1.88 bits per heavy atom. The highest BCUT2D eigenvalue weighted by Crippen LogP contribution is 2.15. The maximum atomic E-state index is 3.89. The summed E-state index contributed by atoms with van der Waals surface area (Å²) in [7, 11) is 0. The van der Waals surface area contributed by atoms with Crippen molar-refractivity contribution in [1.82, 2.24) is 5.32 Å². The average Bonchev–Trinajstić information content (AvgIpc) is 2.35. The molecule has 1 heteroatoms. The first kappa shape index (κ1) is 12.7. The summed E-state index contributed by atoms with van der Waals surface area (Å²) >= 11 is 0. The van der Waals surface area contributed by atoms with Crippen molar-refractivity contribution in [2.45, 2.75) is 31.8 Å². The number of hydrogen-bond donors (Lipinski definition) is 1. The van der Waals surface area contributed by atoms with Crippen LogP contribution in [0, 0.1) is 0 Å². The molecular weight excluding hydrogens is 194 g/mol. The van der Waals surface area contributed by atoms with Crippen LogP contribution in [-0.4, -0.2) is 6.04 Å². The molecule has 86 valence electrons. The largest absolute Gasteiger partial charge is 0.300 e. The first-order chi connectivity index (χ1) is 7.81. The van der Waals surface area contributed by atoms with Gasteiger partial charge in [0.15, 0.2) is 0 Å². The van der Waals surface area contributed by atoms with E-state index in [1.165, 1.54) is 5.56 Å². The second-order valence-corrected chi connectivity index (χ2v) is 3.92. The minimum Gasteiger partial charge on any atom is -0.300 e. The van der Waals surface area contributed by atoms with Crippen LogP contribution >= 0.6 is 0 Å². The zero-order chi connectivity index (χ0) is 11.8. The maximum absolute atomic E-state index is 3.89. The molecule has 0 saturated carbocycles. The van der Waals surface area contributed by atoms with Crippen molar-refractivity contribution >= 4 is 0 Å². The minimum atomic E-state index is 0.204. The molecule has 0 fully saturated rings. The van der Waals surface area contributed by atoms with Crippen LogP contribution < -0.4 is 5.32 Å². The summed E-state index contributed by atoms with van der Waals surface area (Å²) in [6.07, 6.45) is 6.19. The molecule has 1 N–H and O–H groups in total. The van der Waals surface area contributed by atoms with E-state index in [0.717, 1.165) is 12.8 Å². The van der Waals surface area contributed by atoms with E-state index < -0.39 is 0 Å². The van der Waals surface area contributed by atoms with Gasteiger partial charge in [0.25, 0.3) is 0 Å². The summed E-state index contributed by atoms with van der Waals surface area (Å²) in [5.74, 6) is 0. The van der Waals surface area contributed by atoms with Gasteiger partial charge in [-0.2, -0.15) is 0 Å². The van der Waals surface area contributed by atoms with Gasteiger partial charge in [-0.1, -0.05) is 55.8 Å². The quantitative estimate of drug-likeness (QED) is 0.681. The molecule has 0 radical (unpaired) electrons. The first-order valence-electron chi connectivity index (χ1n) is 5.88. The molecule has 0 saturated heterocycles. The van der Waals surface area contributed by atoms with Gasteiger partial charge >= 0.3 is 0 Å². The van der Waals surface area contributed by atoms with Gasteiger partial charge in [-0.25, -0.2) is 0 Å². The molecule has 0 unspecified atom stereocenters. The highest BCUT2D eigenvalue weighted by atomic mass is 14.9. The van der Waals surface area contributed by atoms with E-state index in [-0.39, 0.29) is 6.04 Å². The Bertz CT molecular complexity index is 315. The summed E-state index contributed by atoms with van der Waals surface area (Å²) in [5, 5.41) is 3.53. The summed E-state index contributed by atoms with van der Waals surface area (Å²) in [5.41, 5.74) is 1.25. The van der Waals surface area contributed by atoms with Crippen molar-refractivity contribution in [1.29, 1.82) is 0 Å². The van der Waals surface area contributed by atoms with Gasteiger partial charge in [0.05, 0.1) is 6.04 Å². The van der Waals surface area contributed by atoms with Gasteiger partial charge in [0.2, 0.25) is 0 Å². The van der Waals surface area contributed by atoms with E-state index in [0.29, 0.717) is 6.04 Å². The van der Waals surface area contributed by atoms with Crippen LogP contribution in [0.2, 0.25) is 0 Å². The Hall–Kier alpha value is -1.34. The molecule has 0 aliphatic heterocycles. The summed E-state index contributed by atoms with van der Waals surface area (Å²) in [6.45, 7) is 9.94. The molecule has 0 aromatic heterocycles. The average molecular weight is 215 g/mol. The summed E-state index contributed by atoms with van der Waals surface area (Å²) < 4.78 is 0. The Morgan fingerprint density at radius 3 is 2.38 bits per heavy atom. The van der Waals surface area contributed by atoms with Crippen LogP contribution in [-0.2, 0) is 0 Å². The first-order valence-corrected chi connectivity index (χ1v) is 5.88. The van der Waals surface area contributed by atoms with Crippen molar-refractivity contribution in [2.75, 3.05) is 0 Å². The van der Waals surface area contributed by atoms with Crippen LogP contribution in [0.15, 0.2) is 55.6 Å². The number of hydrogen-bond acceptors (Lipinski definition) is 1. The summed E-state index contributed by atoms with van der Waals surface area (Å²) in [4.78, 5) is 0. The van der Waals surface area contributed by atoms with Gasteiger partial charge in [0, 0.05) is 6.04 Å². The van der Waals surface area contributed by atoms with Crippen molar-refractivity contribution in [3.05, 3.63) is 61.2 Å². The predicted molar refractivity (Wildman–Crippen MR) is 71.4 cm³/mol. The van der Waals surface area contributed by atoms with Crippen LogP contribution in [0.5, 0.6) is 0 Å². The Morgan fingerprint density at radius 1 is 1.19 bits per heavy atom. The third-order valence-corrected chi connectivity index (χ3v) is 2.67. The molecule has 2 atom stereocenters. The third-order valence-electron chi connectivity index (χ3n) is 2.67. The summed E-state index contributed by atoms with van der Waals surface area (Å²) in [6, 6.07) is 10.9. The lowest BCUT2D eigenvalue weighted by Gasteiger charge is -2.21. The van der Waals surface area contributed by atoms with E-state index in [2.05, 4.69) is 49.7 Å². The van der Waals surface area contributed by atoms with Gasteiger partial charge in [-0.05, 0) is 12.0 Å². The van der Waals surface area contributed by atoms with E-state index in [9.17, 15) is 0 Å². The second kappa shape index (κ2) is 7.02. The zero-order valence-corrected chi connectivity index (χ0v) is 10.0. The molecule has 0 aliphatic rings. The third kappa shape index (κ3) is 3.67. The molecule has 1 aromatic carbocycles. The fourth-order valence-electron chi connectivity index (χ4n) is 1.77. The Balaban J connectivity index is 2.68. The molecule has 0 spiro atoms. The van der Waals surface area contributed by atoms with Gasteiger partial charge in [-0.3, -0.25) is 0 Å². The SMILES string of the molecule is C=C[C@H](CCC)N[C@@H](C=C)c1ccccc1. The molecule has 1 rings (SSSR count). The lowest BCUT2D eigenvalue weighted by atomic mass is 10.0.